The van der Waals surface area contributed by atoms with Crippen molar-refractivity contribution in [3.8, 4) is 0 Å². The lowest BCUT2D eigenvalue weighted by Gasteiger charge is -1.95. The monoisotopic (exact) mass is 200 g/mol. The van der Waals surface area contributed by atoms with Gasteiger partial charge in [0, 0.05) is 24.5 Å². The Morgan fingerprint density at radius 1 is 1.00 bits per heavy atom. The number of hydrazine groups is 1. The molecule has 0 radical (unpaired) electrons. The second-order valence-electron chi connectivity index (χ2n) is 2.98. The molecular formula is C11H10N3O+. The van der Waals surface area contributed by atoms with E-state index in [0.29, 0.717) is 10.6 Å². The van der Waals surface area contributed by atoms with Crippen LogP contribution in [0.25, 0.3) is 0 Å². The predicted octanol–water partition coefficient (Wildman–Crippen LogP) is 2.52. The van der Waals surface area contributed by atoms with Crippen molar-refractivity contribution >= 4 is 11.4 Å². The number of anilines is 1. The van der Waals surface area contributed by atoms with Gasteiger partial charge in [-0.1, -0.05) is 18.2 Å². The van der Waals surface area contributed by atoms with Gasteiger partial charge >= 0.3 is 0 Å². The average molecular weight is 200 g/mol. The fraction of sp³-hybridized carbons (Fsp3) is 0. The lowest BCUT2D eigenvalue weighted by molar-refractivity contribution is -0.427. The molecule has 1 N–H and O–H groups in total. The van der Waals surface area contributed by atoms with Crippen molar-refractivity contribution in [3.63, 3.8) is 0 Å². The molecule has 0 aliphatic heterocycles. The Bertz CT molecular complexity index is 442. The molecule has 0 bridgehead atoms. The molecule has 74 valence electrons. The highest BCUT2D eigenvalue weighted by molar-refractivity contribution is 5.41. The third-order valence-electron chi connectivity index (χ3n) is 1.90. The molecule has 0 amide bonds. The standard InChI is InChI=1S/C11H10N3O/c15-14(11-6-8-12-9-7-11)13-10-4-2-1-3-5-10/h1-9H,(H,13,15)/q+1. The van der Waals surface area contributed by atoms with Gasteiger partial charge in [-0.2, -0.15) is 0 Å². The van der Waals surface area contributed by atoms with Gasteiger partial charge < -0.3 is 0 Å². The van der Waals surface area contributed by atoms with Gasteiger partial charge in [0.1, 0.15) is 5.69 Å². The van der Waals surface area contributed by atoms with Crippen LogP contribution in [0.2, 0.25) is 0 Å². The van der Waals surface area contributed by atoms with Gasteiger partial charge in [0.2, 0.25) is 0 Å². The molecule has 0 saturated heterocycles. The third-order valence-corrected chi connectivity index (χ3v) is 1.90. The Morgan fingerprint density at radius 3 is 2.33 bits per heavy atom. The van der Waals surface area contributed by atoms with E-state index in [1.54, 1.807) is 24.5 Å². The maximum absolute atomic E-state index is 11.6. The summed E-state index contributed by atoms with van der Waals surface area (Å²) in [7, 11) is 0. The minimum absolute atomic E-state index is 0.522. The first-order valence-corrected chi connectivity index (χ1v) is 4.55. The zero-order chi connectivity index (χ0) is 10.5. The smallest absolute Gasteiger partial charge is 0.264 e. The van der Waals surface area contributed by atoms with Crippen molar-refractivity contribution in [2.75, 3.05) is 5.43 Å². The van der Waals surface area contributed by atoms with E-state index in [0.717, 1.165) is 5.69 Å². The highest BCUT2D eigenvalue weighted by Gasteiger charge is 2.12. The molecule has 15 heavy (non-hydrogen) atoms. The summed E-state index contributed by atoms with van der Waals surface area (Å²) in [5.41, 5.74) is 3.98. The van der Waals surface area contributed by atoms with E-state index in [1.165, 1.54) is 0 Å². The minimum atomic E-state index is 0.522. The van der Waals surface area contributed by atoms with E-state index in [4.69, 9.17) is 0 Å². The summed E-state index contributed by atoms with van der Waals surface area (Å²) in [5.74, 6) is 0. The molecule has 0 fully saturated rings. The van der Waals surface area contributed by atoms with Gasteiger partial charge in [0.05, 0.1) is 4.91 Å². The molecule has 0 aliphatic rings. The van der Waals surface area contributed by atoms with Crippen LogP contribution in [0.15, 0.2) is 54.9 Å². The molecule has 0 spiro atoms. The van der Waals surface area contributed by atoms with Crippen LogP contribution in [0.4, 0.5) is 11.4 Å². The molecule has 4 nitrogen and oxygen atoms in total. The number of para-hydroxylation sites is 1. The van der Waals surface area contributed by atoms with Crippen molar-refractivity contribution in [1.29, 1.82) is 0 Å². The van der Waals surface area contributed by atoms with Crippen LogP contribution >= 0.6 is 0 Å². The van der Waals surface area contributed by atoms with E-state index in [-0.39, 0.29) is 0 Å². The fourth-order valence-corrected chi connectivity index (χ4v) is 1.17. The summed E-state index contributed by atoms with van der Waals surface area (Å²) in [5, 5.41) is 0. The molecule has 4 heteroatoms. The summed E-state index contributed by atoms with van der Waals surface area (Å²) in [6.45, 7) is 0. The quantitative estimate of drug-likeness (QED) is 0.611. The maximum Gasteiger partial charge on any atom is 0.295 e. The molecule has 1 heterocycles. The van der Waals surface area contributed by atoms with Crippen molar-refractivity contribution in [2.24, 2.45) is 0 Å². The van der Waals surface area contributed by atoms with Crippen LogP contribution in [0, 0.1) is 4.91 Å². The minimum Gasteiger partial charge on any atom is -0.264 e. The van der Waals surface area contributed by atoms with E-state index >= 15 is 0 Å². The molecule has 0 unspecified atom stereocenters. The van der Waals surface area contributed by atoms with Crippen LogP contribution in [-0.2, 0) is 0 Å². The first kappa shape index (κ1) is 9.33. The number of nitroso groups, excluding NO2 is 1. The topological polar surface area (TPSA) is 45.0 Å². The number of aromatic nitrogens is 1. The van der Waals surface area contributed by atoms with E-state index in [1.807, 2.05) is 30.3 Å². The van der Waals surface area contributed by atoms with Gasteiger partial charge in [-0.3, -0.25) is 4.98 Å². The second kappa shape index (κ2) is 4.32. The molecule has 0 saturated carbocycles. The molecule has 2 rings (SSSR count). The zero-order valence-electron chi connectivity index (χ0n) is 8.00. The van der Waals surface area contributed by atoms with Crippen molar-refractivity contribution in [2.45, 2.75) is 0 Å². The number of nitrogens with zero attached hydrogens (tertiary/aromatic N) is 2. The molecular weight excluding hydrogens is 190 g/mol. The van der Waals surface area contributed by atoms with Crippen molar-refractivity contribution < 1.29 is 4.87 Å². The fourth-order valence-electron chi connectivity index (χ4n) is 1.17. The van der Waals surface area contributed by atoms with Gasteiger partial charge in [-0.05, 0) is 12.1 Å². The van der Waals surface area contributed by atoms with Gasteiger partial charge in [0.15, 0.2) is 4.87 Å². The number of pyridine rings is 1. The van der Waals surface area contributed by atoms with E-state index in [9.17, 15) is 4.91 Å². The third kappa shape index (κ3) is 2.37. The number of benzene rings is 1. The van der Waals surface area contributed by atoms with Crippen LogP contribution < -0.4 is 5.43 Å². The Balaban J connectivity index is 2.12. The Hall–Kier alpha value is -2.23. The Morgan fingerprint density at radius 2 is 1.67 bits per heavy atom. The molecule has 0 atom stereocenters. The van der Waals surface area contributed by atoms with Crippen molar-refractivity contribution in [1.82, 2.24) is 4.98 Å². The largest absolute Gasteiger partial charge is 0.295 e. The summed E-state index contributed by atoms with van der Waals surface area (Å²) in [6.07, 6.45) is 3.15. The highest BCUT2D eigenvalue weighted by atomic mass is 16.3. The van der Waals surface area contributed by atoms with Gasteiger partial charge in [-0.15, -0.1) is 5.43 Å². The summed E-state index contributed by atoms with van der Waals surface area (Å²) in [6, 6.07) is 12.6. The Labute approximate surface area is 87.1 Å². The lowest BCUT2D eigenvalue weighted by Crippen LogP contribution is -2.09. The lowest BCUT2D eigenvalue weighted by atomic mass is 10.3. The number of hydrogen-bond donors (Lipinski definition) is 1. The number of hydrogen-bond acceptors (Lipinski definition) is 2. The molecule has 1 aromatic heterocycles. The van der Waals surface area contributed by atoms with Crippen molar-refractivity contribution in [3.05, 3.63) is 59.8 Å². The van der Waals surface area contributed by atoms with Crippen LogP contribution in [0.1, 0.15) is 0 Å². The molecule has 1 aromatic carbocycles. The second-order valence-corrected chi connectivity index (χ2v) is 2.98. The van der Waals surface area contributed by atoms with Gasteiger partial charge in [-0.25, -0.2) is 0 Å². The number of rotatable bonds is 3. The van der Waals surface area contributed by atoms with E-state index in [2.05, 4.69) is 10.4 Å². The molecule has 0 aliphatic carbocycles. The van der Waals surface area contributed by atoms with Crippen LogP contribution in [-0.4, -0.2) is 9.85 Å². The maximum atomic E-state index is 11.6. The van der Waals surface area contributed by atoms with Crippen LogP contribution in [0.5, 0.6) is 0 Å². The summed E-state index contributed by atoms with van der Waals surface area (Å²) >= 11 is 0. The zero-order valence-corrected chi connectivity index (χ0v) is 8.00. The summed E-state index contributed by atoms with van der Waals surface area (Å²) < 4.78 is 0. The highest BCUT2D eigenvalue weighted by Crippen LogP contribution is 2.11. The van der Waals surface area contributed by atoms with Gasteiger partial charge in [0.25, 0.3) is 5.69 Å². The molecule has 2 aromatic rings. The first-order chi connectivity index (χ1) is 7.36. The summed E-state index contributed by atoms with van der Waals surface area (Å²) in [4.78, 5) is 16.1. The van der Waals surface area contributed by atoms with Crippen LogP contribution in [0.3, 0.4) is 0 Å². The predicted molar refractivity (Wildman–Crippen MR) is 57.6 cm³/mol. The number of nitrogens with one attached hydrogen (secondary N) is 1. The first-order valence-electron chi connectivity index (χ1n) is 4.55. The SMILES string of the molecule is O=[N+](Nc1ccccc1)c1ccncc1. The van der Waals surface area contributed by atoms with E-state index < -0.39 is 0 Å². The normalized spacial score (nSPS) is 9.60. The Kier molecular flexibility index (Phi) is 2.69. The average Bonchev–Trinajstić information content (AvgIpc) is 2.31.